The zero-order valence-electron chi connectivity index (χ0n) is 13.7. The molecule has 1 amide bonds. The van der Waals surface area contributed by atoms with Gasteiger partial charge in [0.2, 0.25) is 5.91 Å². The molecular formula is C15H21N3O6. The molecule has 132 valence electrons. The van der Waals surface area contributed by atoms with Crippen LogP contribution in [0.5, 0.6) is 11.5 Å². The highest BCUT2D eigenvalue weighted by Crippen LogP contribution is 2.34. The van der Waals surface area contributed by atoms with Gasteiger partial charge in [0.05, 0.1) is 38.4 Å². The summed E-state index contributed by atoms with van der Waals surface area (Å²) in [5.74, 6) is 0.519. The number of nitrogens with zero attached hydrogens (tertiary/aromatic N) is 1. The Kier molecular flexibility index (Phi) is 6.33. The summed E-state index contributed by atoms with van der Waals surface area (Å²) in [5, 5.41) is 17.0. The van der Waals surface area contributed by atoms with E-state index in [1.807, 2.05) is 0 Å². The summed E-state index contributed by atoms with van der Waals surface area (Å²) in [4.78, 5) is 22.8. The Labute approximate surface area is 139 Å². The minimum absolute atomic E-state index is 0.0685. The normalized spacial score (nSPS) is 17.2. The van der Waals surface area contributed by atoms with Crippen molar-refractivity contribution < 1.29 is 23.9 Å². The molecule has 24 heavy (non-hydrogen) atoms. The van der Waals surface area contributed by atoms with E-state index in [9.17, 15) is 14.9 Å². The highest BCUT2D eigenvalue weighted by atomic mass is 16.6. The Hall–Kier alpha value is -2.39. The minimum atomic E-state index is -0.477. The van der Waals surface area contributed by atoms with Gasteiger partial charge in [-0.25, -0.2) is 0 Å². The van der Waals surface area contributed by atoms with E-state index in [0.717, 1.165) is 0 Å². The predicted molar refractivity (Wildman–Crippen MR) is 85.5 cm³/mol. The van der Waals surface area contributed by atoms with Crippen LogP contribution in [-0.2, 0) is 16.0 Å². The second-order valence-corrected chi connectivity index (χ2v) is 5.22. The van der Waals surface area contributed by atoms with Crippen molar-refractivity contribution in [3.05, 3.63) is 27.8 Å². The number of methoxy groups -OCH3 is 2. The molecule has 1 atom stereocenters. The fourth-order valence-corrected chi connectivity index (χ4v) is 2.46. The van der Waals surface area contributed by atoms with Crippen LogP contribution in [-0.4, -0.2) is 57.4 Å². The Morgan fingerprint density at radius 1 is 1.42 bits per heavy atom. The van der Waals surface area contributed by atoms with E-state index in [4.69, 9.17) is 14.2 Å². The molecule has 1 aromatic carbocycles. The number of amides is 1. The lowest BCUT2D eigenvalue weighted by molar-refractivity contribution is -0.385. The van der Waals surface area contributed by atoms with Gasteiger partial charge >= 0.3 is 0 Å². The topological polar surface area (TPSA) is 112 Å². The van der Waals surface area contributed by atoms with Crippen LogP contribution in [0.15, 0.2) is 12.1 Å². The van der Waals surface area contributed by atoms with Gasteiger partial charge < -0.3 is 24.8 Å². The number of nitro groups is 1. The summed E-state index contributed by atoms with van der Waals surface area (Å²) in [6.07, 6.45) is 0.302. The third-order valence-corrected chi connectivity index (χ3v) is 3.71. The first-order valence-electron chi connectivity index (χ1n) is 7.55. The van der Waals surface area contributed by atoms with Crippen molar-refractivity contribution in [3.8, 4) is 11.5 Å². The first kappa shape index (κ1) is 18.0. The monoisotopic (exact) mass is 339 g/mol. The SMILES string of the molecule is COc1cc(CCNC(=O)C2COCCN2)c([N+](=O)[O-])cc1OC. The molecule has 1 heterocycles. The molecule has 1 aromatic rings. The van der Waals surface area contributed by atoms with Crippen molar-refractivity contribution in [1.29, 1.82) is 0 Å². The fourth-order valence-electron chi connectivity index (χ4n) is 2.46. The van der Waals surface area contributed by atoms with E-state index in [0.29, 0.717) is 43.2 Å². The van der Waals surface area contributed by atoms with Crippen molar-refractivity contribution in [3.63, 3.8) is 0 Å². The smallest absolute Gasteiger partial charge is 0.276 e. The van der Waals surface area contributed by atoms with Crippen LogP contribution in [0.2, 0.25) is 0 Å². The largest absolute Gasteiger partial charge is 0.493 e. The van der Waals surface area contributed by atoms with Crippen molar-refractivity contribution in [1.82, 2.24) is 10.6 Å². The Morgan fingerprint density at radius 3 is 2.71 bits per heavy atom. The van der Waals surface area contributed by atoms with Gasteiger partial charge in [-0.1, -0.05) is 0 Å². The van der Waals surface area contributed by atoms with E-state index in [1.54, 1.807) is 6.07 Å². The third-order valence-electron chi connectivity index (χ3n) is 3.71. The van der Waals surface area contributed by atoms with E-state index < -0.39 is 4.92 Å². The third kappa shape index (κ3) is 4.33. The molecule has 0 radical (unpaired) electrons. The maximum atomic E-state index is 12.0. The first-order valence-corrected chi connectivity index (χ1v) is 7.55. The number of nitrogens with one attached hydrogen (secondary N) is 2. The standard InChI is InChI=1S/C15H21N3O6/c1-22-13-7-10(12(18(20)21)8-14(13)23-2)3-4-17-15(19)11-9-24-6-5-16-11/h7-8,11,16H,3-6,9H2,1-2H3,(H,17,19). The van der Waals surface area contributed by atoms with E-state index in [-0.39, 0.29) is 24.2 Å². The van der Waals surface area contributed by atoms with E-state index in [2.05, 4.69) is 10.6 Å². The highest BCUT2D eigenvalue weighted by Gasteiger charge is 2.22. The average molecular weight is 339 g/mol. The van der Waals surface area contributed by atoms with Crippen LogP contribution in [0.4, 0.5) is 5.69 Å². The van der Waals surface area contributed by atoms with Gasteiger partial charge in [-0.2, -0.15) is 0 Å². The van der Waals surface area contributed by atoms with Gasteiger partial charge in [-0.3, -0.25) is 14.9 Å². The Morgan fingerprint density at radius 2 is 2.12 bits per heavy atom. The number of rotatable bonds is 7. The lowest BCUT2D eigenvalue weighted by Crippen LogP contribution is -2.51. The number of nitro benzene ring substituents is 1. The molecule has 1 unspecified atom stereocenters. The summed E-state index contributed by atoms with van der Waals surface area (Å²) >= 11 is 0. The minimum Gasteiger partial charge on any atom is -0.493 e. The molecule has 1 aliphatic heterocycles. The molecule has 0 spiro atoms. The number of carbonyl (C=O) groups excluding carboxylic acids is 1. The maximum Gasteiger partial charge on any atom is 0.276 e. The van der Waals surface area contributed by atoms with Crippen molar-refractivity contribution in [2.24, 2.45) is 0 Å². The number of benzene rings is 1. The second-order valence-electron chi connectivity index (χ2n) is 5.22. The molecule has 2 N–H and O–H groups in total. The molecular weight excluding hydrogens is 318 g/mol. The average Bonchev–Trinajstić information content (AvgIpc) is 2.61. The van der Waals surface area contributed by atoms with E-state index >= 15 is 0 Å². The lowest BCUT2D eigenvalue weighted by Gasteiger charge is -2.22. The molecule has 0 saturated carbocycles. The van der Waals surface area contributed by atoms with Crippen LogP contribution in [0.1, 0.15) is 5.56 Å². The summed E-state index contributed by atoms with van der Waals surface area (Å²) in [6.45, 7) is 1.80. The summed E-state index contributed by atoms with van der Waals surface area (Å²) in [6, 6.07) is 2.50. The fraction of sp³-hybridized carbons (Fsp3) is 0.533. The number of ether oxygens (including phenoxy) is 3. The molecule has 1 fully saturated rings. The quantitative estimate of drug-likeness (QED) is 0.541. The van der Waals surface area contributed by atoms with Crippen LogP contribution >= 0.6 is 0 Å². The molecule has 9 nitrogen and oxygen atoms in total. The van der Waals surface area contributed by atoms with Gasteiger partial charge in [-0.05, 0) is 12.5 Å². The first-order chi connectivity index (χ1) is 11.6. The second kappa shape index (κ2) is 8.46. The molecule has 0 aromatic heterocycles. The van der Waals surface area contributed by atoms with Crippen LogP contribution in [0, 0.1) is 10.1 Å². The van der Waals surface area contributed by atoms with Crippen molar-refractivity contribution in [2.45, 2.75) is 12.5 Å². The van der Waals surface area contributed by atoms with Crippen molar-refractivity contribution >= 4 is 11.6 Å². The number of morpholine rings is 1. The zero-order valence-corrected chi connectivity index (χ0v) is 13.7. The predicted octanol–water partition coefficient (Wildman–Crippen LogP) is 0.259. The molecule has 1 aliphatic rings. The van der Waals surface area contributed by atoms with Gasteiger partial charge in [0, 0.05) is 18.7 Å². The molecule has 9 heteroatoms. The van der Waals surface area contributed by atoms with E-state index in [1.165, 1.54) is 20.3 Å². The highest BCUT2D eigenvalue weighted by molar-refractivity contribution is 5.82. The Balaban J connectivity index is 2.02. The van der Waals surface area contributed by atoms with Crippen LogP contribution < -0.4 is 20.1 Å². The van der Waals surface area contributed by atoms with Gasteiger partial charge in [-0.15, -0.1) is 0 Å². The molecule has 1 saturated heterocycles. The Bertz CT molecular complexity index is 601. The van der Waals surface area contributed by atoms with Gasteiger partial charge in [0.15, 0.2) is 11.5 Å². The van der Waals surface area contributed by atoms with Gasteiger partial charge in [0.1, 0.15) is 6.04 Å². The number of hydrogen-bond acceptors (Lipinski definition) is 7. The van der Waals surface area contributed by atoms with Gasteiger partial charge in [0.25, 0.3) is 5.69 Å². The maximum absolute atomic E-state index is 12.0. The summed E-state index contributed by atoms with van der Waals surface area (Å²) < 4.78 is 15.5. The van der Waals surface area contributed by atoms with Crippen LogP contribution in [0.25, 0.3) is 0 Å². The molecule has 2 rings (SSSR count). The number of hydrogen-bond donors (Lipinski definition) is 2. The van der Waals surface area contributed by atoms with Crippen molar-refractivity contribution in [2.75, 3.05) is 40.5 Å². The number of carbonyl (C=O) groups is 1. The summed E-state index contributed by atoms with van der Waals surface area (Å²) in [5.41, 5.74) is 0.395. The molecule has 0 aliphatic carbocycles. The zero-order chi connectivity index (χ0) is 17.5. The summed E-state index contributed by atoms with van der Waals surface area (Å²) in [7, 11) is 2.88. The van der Waals surface area contributed by atoms with Crippen LogP contribution in [0.3, 0.4) is 0 Å². The lowest BCUT2D eigenvalue weighted by atomic mass is 10.1. The molecule has 0 bridgehead atoms.